The Kier molecular flexibility index (Phi) is 4.89. The summed E-state index contributed by atoms with van der Waals surface area (Å²) in [7, 11) is 1.81. The number of rotatable bonds is 6. The van der Waals surface area contributed by atoms with E-state index in [0.29, 0.717) is 29.9 Å². The Labute approximate surface area is 172 Å². The van der Waals surface area contributed by atoms with E-state index >= 15 is 0 Å². The first-order valence-electron chi connectivity index (χ1n) is 9.44. The zero-order valence-corrected chi connectivity index (χ0v) is 16.9. The molecule has 4 heterocycles. The third kappa shape index (κ3) is 3.83. The van der Waals surface area contributed by atoms with Crippen LogP contribution < -0.4 is 5.32 Å². The summed E-state index contributed by atoms with van der Waals surface area (Å²) in [6.07, 6.45) is 7.90. The molecule has 0 aromatic carbocycles. The number of aryl methyl sites for hydroxylation is 1. The highest BCUT2D eigenvalue weighted by Gasteiger charge is 2.16. The SMILES string of the molecule is CNc1cc(-n2ncc3cc(C#N)cnc32)ncc1-n1cc(CCC(C)(C)O)nn1. The van der Waals surface area contributed by atoms with Crippen LogP contribution in [0.2, 0.25) is 0 Å². The lowest BCUT2D eigenvalue weighted by atomic mass is 10.0. The van der Waals surface area contributed by atoms with Gasteiger partial charge in [0, 0.05) is 24.7 Å². The van der Waals surface area contributed by atoms with Gasteiger partial charge in [-0.15, -0.1) is 5.10 Å². The summed E-state index contributed by atoms with van der Waals surface area (Å²) >= 11 is 0. The molecule has 0 aliphatic carbocycles. The van der Waals surface area contributed by atoms with Crippen LogP contribution in [0.15, 0.2) is 36.9 Å². The van der Waals surface area contributed by atoms with Crippen molar-refractivity contribution in [3.63, 3.8) is 0 Å². The fourth-order valence-electron chi connectivity index (χ4n) is 3.05. The standard InChI is InChI=1S/C20H21N9O/c1-20(2,30)5-4-15-12-28(27-26-15)17-11-23-18(7-16(17)22-3)29-19-14(10-25-29)6-13(8-21)9-24-19/h6-7,9-12,30H,4-5H2,1-3H3,(H,22,23). The Bertz CT molecular complexity index is 1240. The lowest BCUT2D eigenvalue weighted by molar-refractivity contribution is 0.0711. The highest BCUT2D eigenvalue weighted by molar-refractivity contribution is 5.77. The Balaban J connectivity index is 1.66. The summed E-state index contributed by atoms with van der Waals surface area (Å²) in [5.74, 6) is 0.581. The average Bonchev–Trinajstić information content (AvgIpc) is 3.37. The number of anilines is 1. The normalized spacial score (nSPS) is 11.6. The van der Waals surface area contributed by atoms with Gasteiger partial charge in [0.2, 0.25) is 0 Å². The van der Waals surface area contributed by atoms with E-state index in [0.717, 1.165) is 22.5 Å². The quantitative estimate of drug-likeness (QED) is 0.500. The van der Waals surface area contributed by atoms with E-state index in [1.54, 1.807) is 41.7 Å². The number of pyridine rings is 2. The third-order valence-corrected chi connectivity index (χ3v) is 4.67. The second-order valence-corrected chi connectivity index (χ2v) is 7.58. The van der Waals surface area contributed by atoms with Gasteiger partial charge in [-0.3, -0.25) is 0 Å². The van der Waals surface area contributed by atoms with E-state index in [1.165, 1.54) is 6.20 Å². The van der Waals surface area contributed by atoms with Crippen molar-refractivity contribution >= 4 is 16.7 Å². The van der Waals surface area contributed by atoms with Gasteiger partial charge < -0.3 is 10.4 Å². The first kappa shape index (κ1) is 19.5. The summed E-state index contributed by atoms with van der Waals surface area (Å²) < 4.78 is 3.28. The van der Waals surface area contributed by atoms with Crippen LogP contribution in [0.3, 0.4) is 0 Å². The summed E-state index contributed by atoms with van der Waals surface area (Å²) in [6.45, 7) is 3.54. The van der Waals surface area contributed by atoms with Crippen LogP contribution >= 0.6 is 0 Å². The summed E-state index contributed by atoms with van der Waals surface area (Å²) in [4.78, 5) is 8.86. The highest BCUT2D eigenvalue weighted by Crippen LogP contribution is 2.23. The number of aromatic nitrogens is 7. The molecular weight excluding hydrogens is 382 g/mol. The third-order valence-electron chi connectivity index (χ3n) is 4.67. The van der Waals surface area contributed by atoms with E-state index in [-0.39, 0.29) is 0 Å². The van der Waals surface area contributed by atoms with Crippen LogP contribution in [0.4, 0.5) is 5.69 Å². The number of fused-ring (bicyclic) bond motifs is 1. The topological polar surface area (TPSA) is 130 Å². The molecule has 4 aromatic heterocycles. The van der Waals surface area contributed by atoms with Gasteiger partial charge in [-0.2, -0.15) is 15.0 Å². The molecule has 152 valence electrons. The van der Waals surface area contributed by atoms with Gasteiger partial charge in [-0.1, -0.05) is 5.21 Å². The molecule has 0 unspecified atom stereocenters. The minimum Gasteiger partial charge on any atom is -0.390 e. The van der Waals surface area contributed by atoms with Gasteiger partial charge in [-0.25, -0.2) is 14.6 Å². The Morgan fingerprint density at radius 2 is 2.03 bits per heavy atom. The van der Waals surface area contributed by atoms with Crippen molar-refractivity contribution in [3.05, 3.63) is 48.2 Å². The minimum absolute atomic E-state index is 0.479. The maximum absolute atomic E-state index is 9.91. The molecule has 0 aliphatic heterocycles. The second-order valence-electron chi connectivity index (χ2n) is 7.58. The second kappa shape index (κ2) is 7.53. The predicted molar refractivity (Wildman–Crippen MR) is 110 cm³/mol. The molecule has 0 amide bonds. The monoisotopic (exact) mass is 403 g/mol. The van der Waals surface area contributed by atoms with Gasteiger partial charge in [0.25, 0.3) is 0 Å². The first-order chi connectivity index (χ1) is 14.4. The van der Waals surface area contributed by atoms with E-state index in [9.17, 15) is 5.11 Å². The molecule has 0 spiro atoms. The molecule has 10 nitrogen and oxygen atoms in total. The summed E-state index contributed by atoms with van der Waals surface area (Å²) in [6, 6.07) is 5.66. The van der Waals surface area contributed by atoms with Crippen molar-refractivity contribution in [2.45, 2.75) is 32.3 Å². The van der Waals surface area contributed by atoms with Crippen molar-refractivity contribution in [3.8, 4) is 17.6 Å². The molecule has 0 aliphatic rings. The molecule has 4 aromatic rings. The van der Waals surface area contributed by atoms with Crippen molar-refractivity contribution in [1.82, 2.24) is 34.7 Å². The maximum atomic E-state index is 9.91. The smallest absolute Gasteiger partial charge is 0.164 e. The van der Waals surface area contributed by atoms with Crippen molar-refractivity contribution in [1.29, 1.82) is 5.26 Å². The number of hydrogen-bond donors (Lipinski definition) is 2. The number of hydrogen-bond acceptors (Lipinski definition) is 8. The van der Waals surface area contributed by atoms with Crippen molar-refractivity contribution in [2.24, 2.45) is 0 Å². The minimum atomic E-state index is -0.752. The fourth-order valence-corrected chi connectivity index (χ4v) is 3.05. The number of nitrogens with zero attached hydrogens (tertiary/aromatic N) is 8. The van der Waals surface area contributed by atoms with E-state index in [1.807, 2.05) is 19.3 Å². The van der Waals surface area contributed by atoms with E-state index in [4.69, 9.17) is 5.26 Å². The van der Waals surface area contributed by atoms with Crippen LogP contribution in [-0.4, -0.2) is 52.5 Å². The molecule has 2 N–H and O–H groups in total. The molecular formula is C20H21N9O. The Morgan fingerprint density at radius 1 is 1.20 bits per heavy atom. The molecule has 30 heavy (non-hydrogen) atoms. The summed E-state index contributed by atoms with van der Waals surface area (Å²) in [5, 5.41) is 35.6. The largest absolute Gasteiger partial charge is 0.390 e. The molecule has 0 saturated heterocycles. The maximum Gasteiger partial charge on any atom is 0.164 e. The lowest BCUT2D eigenvalue weighted by Gasteiger charge is -2.15. The molecule has 0 saturated carbocycles. The van der Waals surface area contributed by atoms with Gasteiger partial charge in [-0.05, 0) is 32.8 Å². The number of aliphatic hydroxyl groups is 1. The number of nitrogens with one attached hydrogen (secondary N) is 1. The van der Waals surface area contributed by atoms with Gasteiger partial charge in [0.1, 0.15) is 11.8 Å². The van der Waals surface area contributed by atoms with Crippen LogP contribution in [0, 0.1) is 11.3 Å². The Hall–Kier alpha value is -3.84. The van der Waals surface area contributed by atoms with Crippen molar-refractivity contribution in [2.75, 3.05) is 12.4 Å². The Morgan fingerprint density at radius 3 is 2.77 bits per heavy atom. The molecule has 4 rings (SSSR count). The molecule has 0 fully saturated rings. The molecule has 10 heteroatoms. The zero-order chi connectivity index (χ0) is 21.3. The first-order valence-corrected chi connectivity index (χ1v) is 9.44. The van der Waals surface area contributed by atoms with Gasteiger partial charge in [0.15, 0.2) is 11.5 Å². The van der Waals surface area contributed by atoms with Crippen molar-refractivity contribution < 1.29 is 5.11 Å². The fraction of sp³-hybridized carbons (Fsp3) is 0.300. The average molecular weight is 403 g/mol. The molecule has 0 bridgehead atoms. The zero-order valence-electron chi connectivity index (χ0n) is 16.9. The molecule has 0 atom stereocenters. The van der Waals surface area contributed by atoms with Crippen LogP contribution in [0.25, 0.3) is 22.5 Å². The lowest BCUT2D eigenvalue weighted by Crippen LogP contribution is -2.19. The van der Waals surface area contributed by atoms with Gasteiger partial charge in [0.05, 0.1) is 41.1 Å². The molecule has 0 radical (unpaired) electrons. The predicted octanol–water partition coefficient (Wildman–Crippen LogP) is 2.01. The van der Waals surface area contributed by atoms with Crippen LogP contribution in [0.1, 0.15) is 31.5 Å². The van der Waals surface area contributed by atoms with E-state index in [2.05, 4.69) is 36.8 Å². The van der Waals surface area contributed by atoms with E-state index < -0.39 is 5.60 Å². The van der Waals surface area contributed by atoms with Gasteiger partial charge >= 0.3 is 0 Å². The highest BCUT2D eigenvalue weighted by atomic mass is 16.3. The number of nitriles is 1. The van der Waals surface area contributed by atoms with Crippen LogP contribution in [-0.2, 0) is 6.42 Å². The van der Waals surface area contributed by atoms with Crippen LogP contribution in [0.5, 0.6) is 0 Å². The summed E-state index contributed by atoms with van der Waals surface area (Å²) in [5.41, 5.74) is 2.66.